The number of benzene rings is 2. The van der Waals surface area contributed by atoms with E-state index in [4.69, 9.17) is 0 Å². The van der Waals surface area contributed by atoms with Crippen LogP contribution in [-0.2, 0) is 32.0 Å². The SMILES string of the molecule is Cn1c(CNC(=O)CCn2c3c(c4ccccc4c2=O)C(=O)c2ccccc2-3)cc(=O)n(C)c1=O. The van der Waals surface area contributed by atoms with Crippen molar-refractivity contribution in [2.24, 2.45) is 14.1 Å². The molecular weight excluding hydrogens is 448 g/mol. The van der Waals surface area contributed by atoms with Crippen LogP contribution >= 0.6 is 0 Å². The molecule has 5 rings (SSSR count). The molecule has 9 nitrogen and oxygen atoms in total. The highest BCUT2D eigenvalue weighted by atomic mass is 16.2. The monoisotopic (exact) mass is 470 g/mol. The number of fused-ring (bicyclic) bond motifs is 5. The summed E-state index contributed by atoms with van der Waals surface area (Å²) in [4.78, 5) is 63.3. The summed E-state index contributed by atoms with van der Waals surface area (Å²) in [5.41, 5.74) is 1.35. The van der Waals surface area contributed by atoms with E-state index in [1.807, 2.05) is 6.07 Å². The van der Waals surface area contributed by atoms with E-state index < -0.39 is 11.2 Å². The second-order valence-electron chi connectivity index (χ2n) is 8.50. The number of hydrogen-bond donors (Lipinski definition) is 1. The van der Waals surface area contributed by atoms with Crippen molar-refractivity contribution in [3.8, 4) is 11.3 Å². The molecule has 0 saturated heterocycles. The molecule has 0 saturated carbocycles. The lowest BCUT2D eigenvalue weighted by Crippen LogP contribution is -2.39. The molecule has 1 aliphatic carbocycles. The predicted molar refractivity (Wildman–Crippen MR) is 130 cm³/mol. The molecule has 1 aliphatic rings. The standard InChI is InChI=1S/C26H22N4O5/c1-28-15(13-21(32)29(2)26(28)35)14-27-20(31)11-12-30-23-17-8-4-5-9-18(17)24(33)22(23)16-7-3-6-10-19(16)25(30)34/h3-10,13H,11-12,14H2,1-2H3,(H,27,31). The Balaban J connectivity index is 1.46. The number of rotatable bonds is 5. The minimum atomic E-state index is -0.483. The van der Waals surface area contributed by atoms with Gasteiger partial charge in [0.1, 0.15) is 0 Å². The highest BCUT2D eigenvalue weighted by molar-refractivity contribution is 6.26. The van der Waals surface area contributed by atoms with Gasteiger partial charge in [0.2, 0.25) is 5.91 Å². The van der Waals surface area contributed by atoms with E-state index in [0.717, 1.165) is 4.57 Å². The summed E-state index contributed by atoms with van der Waals surface area (Å²) in [5.74, 6) is -0.499. The number of aromatic nitrogens is 3. The molecule has 0 radical (unpaired) electrons. The van der Waals surface area contributed by atoms with Crippen molar-refractivity contribution in [2.45, 2.75) is 19.5 Å². The average Bonchev–Trinajstić information content (AvgIpc) is 3.16. The van der Waals surface area contributed by atoms with Crippen molar-refractivity contribution in [3.05, 3.63) is 103 Å². The van der Waals surface area contributed by atoms with E-state index in [0.29, 0.717) is 38.9 Å². The van der Waals surface area contributed by atoms with Gasteiger partial charge in [-0.2, -0.15) is 0 Å². The fraction of sp³-hybridized carbons (Fsp3) is 0.192. The molecule has 0 atom stereocenters. The Morgan fingerprint density at radius 2 is 1.51 bits per heavy atom. The lowest BCUT2D eigenvalue weighted by atomic mass is 10.0. The maximum absolute atomic E-state index is 13.4. The second kappa shape index (κ2) is 8.35. The van der Waals surface area contributed by atoms with Gasteiger partial charge in [-0.25, -0.2) is 4.79 Å². The normalized spacial score (nSPS) is 12.0. The maximum Gasteiger partial charge on any atom is 0.330 e. The van der Waals surface area contributed by atoms with Crippen LogP contribution in [0.3, 0.4) is 0 Å². The molecule has 0 bridgehead atoms. The van der Waals surface area contributed by atoms with Crippen LogP contribution in [0.25, 0.3) is 22.0 Å². The second-order valence-corrected chi connectivity index (χ2v) is 8.50. The summed E-state index contributed by atoms with van der Waals surface area (Å²) in [5, 5.41) is 3.72. The average molecular weight is 470 g/mol. The number of carbonyl (C=O) groups is 2. The zero-order valence-electron chi connectivity index (χ0n) is 19.2. The van der Waals surface area contributed by atoms with Gasteiger partial charge < -0.3 is 9.88 Å². The molecule has 9 heteroatoms. The van der Waals surface area contributed by atoms with Crippen LogP contribution in [-0.4, -0.2) is 25.4 Å². The predicted octanol–water partition coefficient (Wildman–Crippen LogP) is 1.32. The molecule has 176 valence electrons. The first kappa shape index (κ1) is 22.3. The summed E-state index contributed by atoms with van der Waals surface area (Å²) in [6.45, 7) is 0.0572. The zero-order valence-corrected chi connectivity index (χ0v) is 19.2. The van der Waals surface area contributed by atoms with Crippen LogP contribution in [0.4, 0.5) is 0 Å². The van der Waals surface area contributed by atoms with Crippen LogP contribution in [0.1, 0.15) is 28.0 Å². The summed E-state index contributed by atoms with van der Waals surface area (Å²) >= 11 is 0. The number of ketones is 1. The number of nitrogens with zero attached hydrogens (tertiary/aromatic N) is 3. The van der Waals surface area contributed by atoms with E-state index in [9.17, 15) is 24.0 Å². The first-order chi connectivity index (χ1) is 16.8. The van der Waals surface area contributed by atoms with Gasteiger partial charge in [0.15, 0.2) is 5.78 Å². The summed E-state index contributed by atoms with van der Waals surface area (Å²) in [6, 6.07) is 15.4. The number of carbonyl (C=O) groups excluding carboxylic acids is 2. The van der Waals surface area contributed by atoms with Crippen LogP contribution in [0.2, 0.25) is 0 Å². The first-order valence-electron chi connectivity index (χ1n) is 11.1. The Kier molecular flexibility index (Phi) is 5.32. The van der Waals surface area contributed by atoms with E-state index in [2.05, 4.69) is 5.32 Å². The zero-order chi connectivity index (χ0) is 24.9. The van der Waals surface area contributed by atoms with Crippen molar-refractivity contribution in [1.29, 1.82) is 0 Å². The molecule has 0 aliphatic heterocycles. The smallest absolute Gasteiger partial charge is 0.330 e. The van der Waals surface area contributed by atoms with Crippen molar-refractivity contribution in [1.82, 2.24) is 19.0 Å². The number of amides is 1. The van der Waals surface area contributed by atoms with Crippen LogP contribution in [0, 0.1) is 0 Å². The lowest BCUT2D eigenvalue weighted by Gasteiger charge is -2.15. The number of pyridine rings is 1. The molecule has 1 amide bonds. The van der Waals surface area contributed by atoms with Crippen LogP contribution in [0.5, 0.6) is 0 Å². The summed E-state index contributed by atoms with van der Waals surface area (Å²) < 4.78 is 3.77. The molecule has 2 aromatic heterocycles. The van der Waals surface area contributed by atoms with Gasteiger partial charge in [0.25, 0.3) is 11.1 Å². The molecule has 4 aromatic rings. The topological polar surface area (TPSA) is 112 Å². The Bertz CT molecular complexity index is 1730. The third kappa shape index (κ3) is 3.52. The first-order valence-corrected chi connectivity index (χ1v) is 11.1. The fourth-order valence-corrected chi connectivity index (χ4v) is 4.58. The van der Waals surface area contributed by atoms with Crippen LogP contribution in [0.15, 0.2) is 69.0 Å². The quantitative estimate of drug-likeness (QED) is 0.416. The maximum atomic E-state index is 13.4. The van der Waals surface area contributed by atoms with Gasteiger partial charge in [0.05, 0.1) is 17.8 Å². The molecule has 2 heterocycles. The molecule has 35 heavy (non-hydrogen) atoms. The van der Waals surface area contributed by atoms with Gasteiger partial charge in [-0.05, 0) is 6.07 Å². The van der Waals surface area contributed by atoms with Gasteiger partial charge in [-0.1, -0.05) is 42.5 Å². The number of hydrogen-bond acceptors (Lipinski definition) is 5. The van der Waals surface area contributed by atoms with Crippen molar-refractivity contribution >= 4 is 22.5 Å². The Labute approximate surface area is 198 Å². The highest BCUT2D eigenvalue weighted by Gasteiger charge is 2.32. The Morgan fingerprint density at radius 3 is 2.26 bits per heavy atom. The molecule has 2 aromatic carbocycles. The molecule has 1 N–H and O–H groups in total. The minimum Gasteiger partial charge on any atom is -0.350 e. The highest BCUT2D eigenvalue weighted by Crippen LogP contribution is 2.39. The Morgan fingerprint density at radius 1 is 0.857 bits per heavy atom. The minimum absolute atomic E-state index is 0.00724. The van der Waals surface area contributed by atoms with E-state index in [1.165, 1.54) is 29.3 Å². The third-order valence-electron chi connectivity index (χ3n) is 6.49. The fourth-order valence-electron chi connectivity index (χ4n) is 4.58. The van der Waals surface area contributed by atoms with Gasteiger partial charge in [-0.3, -0.25) is 28.3 Å². The van der Waals surface area contributed by atoms with Crippen molar-refractivity contribution in [3.63, 3.8) is 0 Å². The largest absolute Gasteiger partial charge is 0.350 e. The van der Waals surface area contributed by atoms with E-state index in [1.54, 1.807) is 42.5 Å². The third-order valence-corrected chi connectivity index (χ3v) is 6.49. The van der Waals surface area contributed by atoms with Gasteiger partial charge in [0, 0.05) is 60.7 Å². The van der Waals surface area contributed by atoms with Gasteiger partial charge in [-0.15, -0.1) is 0 Å². The summed E-state index contributed by atoms with van der Waals surface area (Å²) in [6.07, 6.45) is -0.0279. The van der Waals surface area contributed by atoms with Crippen molar-refractivity contribution < 1.29 is 9.59 Å². The molecule has 0 spiro atoms. The van der Waals surface area contributed by atoms with Crippen LogP contribution < -0.4 is 22.1 Å². The molecule has 0 unspecified atom stereocenters. The molecule has 0 fully saturated rings. The van der Waals surface area contributed by atoms with E-state index in [-0.39, 0.29) is 36.8 Å². The summed E-state index contributed by atoms with van der Waals surface area (Å²) in [7, 11) is 2.91. The lowest BCUT2D eigenvalue weighted by molar-refractivity contribution is -0.121. The number of nitrogens with one attached hydrogen (secondary N) is 1. The van der Waals surface area contributed by atoms with Gasteiger partial charge >= 0.3 is 5.69 Å². The van der Waals surface area contributed by atoms with E-state index >= 15 is 0 Å². The molecular formula is C26H22N4O5. The Hall–Kier alpha value is -4.53. The van der Waals surface area contributed by atoms with Crippen molar-refractivity contribution in [2.75, 3.05) is 0 Å².